The Balaban J connectivity index is 1.97. The molecule has 2 nitrogen and oxygen atoms in total. The second-order valence-corrected chi connectivity index (χ2v) is 8.50. The molecule has 0 aliphatic carbocycles. The molecule has 1 aliphatic heterocycles. The standard InChI is InChI=1S/C20H18F2INOS/c1-20(14-9-5-6-10-15(14)21)19(22)17(12-23)26-18(24-20)11-16(25)13-7-3-2-4-8-13/h2-10,17,19H,11-12H2,1H3/t17-,19+,20-/m1/s1. The van der Waals surface area contributed by atoms with Gasteiger partial charge in [-0.05, 0) is 13.0 Å². The first-order chi connectivity index (χ1) is 12.5. The second-order valence-electron chi connectivity index (χ2n) is 6.31. The maximum absolute atomic E-state index is 15.2. The lowest BCUT2D eigenvalue weighted by Crippen LogP contribution is -2.44. The summed E-state index contributed by atoms with van der Waals surface area (Å²) in [6, 6.07) is 15.1. The minimum atomic E-state index is -1.34. The molecule has 0 amide bonds. The molecular weight excluding hydrogens is 467 g/mol. The van der Waals surface area contributed by atoms with Gasteiger partial charge in [0, 0.05) is 15.6 Å². The number of nitrogens with zero attached hydrogens (tertiary/aromatic N) is 1. The molecular formula is C20H18F2INOS. The Hall–Kier alpha value is -1.28. The lowest BCUT2D eigenvalue weighted by atomic mass is 9.85. The fourth-order valence-electron chi connectivity index (χ4n) is 3.08. The minimum Gasteiger partial charge on any atom is -0.294 e. The van der Waals surface area contributed by atoms with E-state index < -0.39 is 17.5 Å². The lowest BCUT2D eigenvalue weighted by molar-refractivity contribution is 0.100. The Labute approximate surface area is 169 Å². The molecule has 0 spiro atoms. The van der Waals surface area contributed by atoms with E-state index in [2.05, 4.69) is 27.6 Å². The van der Waals surface area contributed by atoms with Crippen molar-refractivity contribution in [3.05, 3.63) is 71.5 Å². The Kier molecular flexibility index (Phi) is 6.12. The van der Waals surface area contributed by atoms with E-state index in [1.165, 1.54) is 17.8 Å². The van der Waals surface area contributed by atoms with Gasteiger partial charge < -0.3 is 0 Å². The van der Waals surface area contributed by atoms with Crippen LogP contribution < -0.4 is 0 Å². The summed E-state index contributed by atoms with van der Waals surface area (Å²) < 4.78 is 30.1. The summed E-state index contributed by atoms with van der Waals surface area (Å²) in [7, 11) is 0. The highest BCUT2D eigenvalue weighted by Gasteiger charge is 2.46. The van der Waals surface area contributed by atoms with E-state index >= 15 is 4.39 Å². The number of carbonyl (C=O) groups is 1. The van der Waals surface area contributed by atoms with Crippen LogP contribution in [0.2, 0.25) is 0 Å². The van der Waals surface area contributed by atoms with Crippen molar-refractivity contribution in [1.29, 1.82) is 0 Å². The van der Waals surface area contributed by atoms with Gasteiger partial charge in [0.1, 0.15) is 17.5 Å². The highest BCUT2D eigenvalue weighted by Crippen LogP contribution is 2.44. The van der Waals surface area contributed by atoms with Gasteiger partial charge in [-0.2, -0.15) is 0 Å². The predicted octanol–water partition coefficient (Wildman–Crippen LogP) is 5.60. The molecule has 0 saturated heterocycles. The van der Waals surface area contributed by atoms with Crippen LogP contribution in [0.5, 0.6) is 0 Å². The molecule has 6 heteroatoms. The molecule has 0 fully saturated rings. The van der Waals surface area contributed by atoms with Crippen molar-refractivity contribution in [1.82, 2.24) is 0 Å². The van der Waals surface area contributed by atoms with Crippen LogP contribution in [0.1, 0.15) is 29.3 Å². The summed E-state index contributed by atoms with van der Waals surface area (Å²) >= 11 is 3.42. The number of alkyl halides is 2. The number of hydrogen-bond donors (Lipinski definition) is 0. The number of Topliss-reactive ketones (excluding diaryl/α,β-unsaturated/α-hetero) is 1. The smallest absolute Gasteiger partial charge is 0.169 e. The number of rotatable bonds is 5. The fourth-order valence-corrected chi connectivity index (χ4v) is 5.32. The Morgan fingerprint density at radius 3 is 2.50 bits per heavy atom. The summed E-state index contributed by atoms with van der Waals surface area (Å²) in [5.41, 5.74) is -0.511. The highest BCUT2D eigenvalue weighted by molar-refractivity contribution is 14.1. The van der Waals surface area contributed by atoms with Crippen molar-refractivity contribution in [3.63, 3.8) is 0 Å². The molecule has 0 saturated carbocycles. The van der Waals surface area contributed by atoms with Gasteiger partial charge in [-0.3, -0.25) is 9.79 Å². The molecule has 2 aromatic rings. The third-order valence-corrected chi connectivity index (χ3v) is 7.25. The van der Waals surface area contributed by atoms with Crippen LogP contribution in [0.15, 0.2) is 59.6 Å². The molecule has 0 radical (unpaired) electrons. The second kappa shape index (κ2) is 8.17. The summed E-state index contributed by atoms with van der Waals surface area (Å²) in [6.45, 7) is 1.61. The largest absolute Gasteiger partial charge is 0.294 e. The van der Waals surface area contributed by atoms with Crippen molar-refractivity contribution in [3.8, 4) is 0 Å². The number of halogens is 3. The number of benzene rings is 2. The number of ketones is 1. The normalized spacial score (nSPS) is 25.6. The molecule has 136 valence electrons. The van der Waals surface area contributed by atoms with Crippen LogP contribution in [0.25, 0.3) is 0 Å². The molecule has 3 atom stereocenters. The van der Waals surface area contributed by atoms with Crippen LogP contribution in [0.4, 0.5) is 8.78 Å². The third-order valence-electron chi connectivity index (χ3n) is 4.49. The quantitative estimate of drug-likeness (QED) is 0.314. The maximum Gasteiger partial charge on any atom is 0.169 e. The highest BCUT2D eigenvalue weighted by atomic mass is 127. The van der Waals surface area contributed by atoms with Crippen LogP contribution in [-0.2, 0) is 5.54 Å². The van der Waals surface area contributed by atoms with Gasteiger partial charge in [0.25, 0.3) is 0 Å². The van der Waals surface area contributed by atoms with Crippen LogP contribution in [0, 0.1) is 5.82 Å². The zero-order chi connectivity index (χ0) is 18.7. The van der Waals surface area contributed by atoms with Gasteiger partial charge in [0.05, 0.1) is 16.7 Å². The first-order valence-corrected chi connectivity index (χ1v) is 10.6. The Morgan fingerprint density at radius 1 is 1.19 bits per heavy atom. The van der Waals surface area contributed by atoms with Gasteiger partial charge in [-0.25, -0.2) is 8.78 Å². The Morgan fingerprint density at radius 2 is 1.85 bits per heavy atom. The number of carbonyl (C=O) groups excluding carboxylic acids is 1. The van der Waals surface area contributed by atoms with E-state index in [1.807, 2.05) is 6.07 Å². The number of aliphatic imine (C=N–C) groups is 1. The van der Waals surface area contributed by atoms with E-state index in [-0.39, 0.29) is 23.0 Å². The molecule has 1 heterocycles. The summed E-state index contributed by atoms with van der Waals surface area (Å²) in [5, 5.41) is 0.177. The summed E-state index contributed by atoms with van der Waals surface area (Å²) in [4.78, 5) is 17.1. The Bertz CT molecular complexity index is 830. The van der Waals surface area contributed by atoms with Crippen LogP contribution in [0.3, 0.4) is 0 Å². The van der Waals surface area contributed by atoms with Crippen molar-refractivity contribution in [2.45, 2.75) is 30.3 Å². The lowest BCUT2D eigenvalue weighted by Gasteiger charge is -2.38. The van der Waals surface area contributed by atoms with Crippen molar-refractivity contribution >= 4 is 45.2 Å². The molecule has 0 unspecified atom stereocenters. The zero-order valence-electron chi connectivity index (χ0n) is 14.2. The van der Waals surface area contributed by atoms with Gasteiger partial charge in [0.15, 0.2) is 5.78 Å². The maximum atomic E-state index is 15.2. The molecule has 0 aromatic heterocycles. The number of thioether (sulfide) groups is 1. The topological polar surface area (TPSA) is 29.4 Å². The van der Waals surface area contributed by atoms with Crippen LogP contribution >= 0.6 is 34.4 Å². The minimum absolute atomic E-state index is 0.0720. The average molecular weight is 485 g/mol. The summed E-state index contributed by atoms with van der Waals surface area (Å²) in [6.07, 6.45) is -1.24. The van der Waals surface area contributed by atoms with E-state index in [1.54, 1.807) is 49.4 Å². The van der Waals surface area contributed by atoms with Crippen molar-refractivity contribution in [2.24, 2.45) is 4.99 Å². The van der Waals surface area contributed by atoms with Gasteiger partial charge in [-0.1, -0.05) is 71.1 Å². The first kappa shape index (κ1) is 19.5. The summed E-state index contributed by atoms with van der Waals surface area (Å²) in [5.74, 6) is -0.550. The van der Waals surface area contributed by atoms with Gasteiger partial charge >= 0.3 is 0 Å². The van der Waals surface area contributed by atoms with Crippen molar-refractivity contribution < 1.29 is 13.6 Å². The van der Waals surface area contributed by atoms with Gasteiger partial charge in [-0.15, -0.1) is 11.8 Å². The monoisotopic (exact) mass is 485 g/mol. The number of hydrogen-bond acceptors (Lipinski definition) is 3. The van der Waals surface area contributed by atoms with E-state index in [0.29, 0.717) is 15.0 Å². The van der Waals surface area contributed by atoms with E-state index in [0.717, 1.165) is 0 Å². The molecule has 3 rings (SSSR count). The van der Waals surface area contributed by atoms with Crippen molar-refractivity contribution in [2.75, 3.05) is 4.43 Å². The van der Waals surface area contributed by atoms with Gasteiger partial charge in [0.2, 0.25) is 0 Å². The molecule has 1 aliphatic rings. The SMILES string of the molecule is C[C@]1(c2ccccc2F)N=C(CC(=O)c2ccccc2)S[C@H](CI)[C@@H]1F. The molecule has 26 heavy (non-hydrogen) atoms. The first-order valence-electron chi connectivity index (χ1n) is 8.24. The van der Waals surface area contributed by atoms with E-state index in [9.17, 15) is 9.18 Å². The molecule has 0 N–H and O–H groups in total. The van der Waals surface area contributed by atoms with E-state index in [4.69, 9.17) is 0 Å². The van der Waals surface area contributed by atoms with Crippen LogP contribution in [-0.4, -0.2) is 26.7 Å². The average Bonchev–Trinajstić information content (AvgIpc) is 2.65. The molecule has 2 aromatic carbocycles. The fraction of sp³-hybridized carbons (Fsp3) is 0.300. The third kappa shape index (κ3) is 3.86. The molecule has 0 bridgehead atoms. The zero-order valence-corrected chi connectivity index (χ0v) is 17.1. The predicted molar refractivity (Wildman–Crippen MR) is 112 cm³/mol.